The number of carbonyl (C=O) groups is 4. The third-order valence-electron chi connectivity index (χ3n) is 16.2. The zero-order chi connectivity index (χ0) is 69.0. The molecule has 17 nitrogen and oxygen atoms in total. The summed E-state index contributed by atoms with van der Waals surface area (Å²) in [5, 5.41) is 10.6. The lowest BCUT2D eigenvalue weighted by Crippen LogP contribution is -2.30. The molecule has 0 rings (SSSR count). The Bertz CT molecular complexity index is 1980. The fourth-order valence-electron chi connectivity index (χ4n) is 10.4. The van der Waals surface area contributed by atoms with E-state index in [0.717, 1.165) is 148 Å². The van der Waals surface area contributed by atoms with Gasteiger partial charge in [-0.3, -0.25) is 37.3 Å². The molecule has 0 aliphatic carbocycles. The van der Waals surface area contributed by atoms with Crippen LogP contribution in [0.25, 0.3) is 0 Å². The van der Waals surface area contributed by atoms with Gasteiger partial charge in [0.1, 0.15) is 19.3 Å². The average Bonchev–Trinajstić information content (AvgIpc) is 1.22. The second-order valence-corrected chi connectivity index (χ2v) is 28.5. The van der Waals surface area contributed by atoms with Gasteiger partial charge >= 0.3 is 39.5 Å². The molecule has 3 N–H and O–H groups in total. The second-order valence-electron chi connectivity index (χ2n) is 25.6. The Morgan fingerprint density at radius 2 is 0.553 bits per heavy atom. The number of aliphatic hydroxyl groups is 1. The number of aliphatic hydroxyl groups excluding tert-OH is 1. The van der Waals surface area contributed by atoms with Gasteiger partial charge in [-0.1, -0.05) is 275 Å². The lowest BCUT2D eigenvalue weighted by atomic mass is 10.0. The summed E-state index contributed by atoms with van der Waals surface area (Å²) in [7, 11) is -9.93. The molecule has 5 atom stereocenters. The number of phosphoric ester groups is 2. The fraction of sp³-hybridized carbons (Fsp3) is 0.840. The largest absolute Gasteiger partial charge is 0.472 e. The molecule has 0 saturated heterocycles. The zero-order valence-electron chi connectivity index (χ0n) is 59.9. The Balaban J connectivity index is 5.29. The van der Waals surface area contributed by atoms with Crippen molar-refractivity contribution in [3.63, 3.8) is 0 Å². The molecule has 0 aromatic heterocycles. The highest BCUT2D eigenvalue weighted by atomic mass is 31.2. The van der Waals surface area contributed by atoms with E-state index in [9.17, 15) is 43.2 Å². The summed E-state index contributed by atoms with van der Waals surface area (Å²) in [5.41, 5.74) is 0. The molecule has 0 spiro atoms. The first-order valence-electron chi connectivity index (χ1n) is 37.9. The van der Waals surface area contributed by atoms with Crippen molar-refractivity contribution in [2.75, 3.05) is 39.6 Å². The molecule has 19 heteroatoms. The van der Waals surface area contributed by atoms with Gasteiger partial charge in [-0.05, 0) is 96.3 Å². The van der Waals surface area contributed by atoms with E-state index in [4.69, 9.17) is 37.0 Å². The predicted octanol–water partition coefficient (Wildman–Crippen LogP) is 21.3. The van der Waals surface area contributed by atoms with Crippen molar-refractivity contribution < 1.29 is 80.2 Å². The Kier molecular flexibility index (Phi) is 66.4. The summed E-state index contributed by atoms with van der Waals surface area (Å²) in [5.74, 6) is -2.18. The maximum Gasteiger partial charge on any atom is 0.472 e. The van der Waals surface area contributed by atoms with Crippen LogP contribution in [0.2, 0.25) is 0 Å². The number of hydrogen-bond donors (Lipinski definition) is 3. The lowest BCUT2D eigenvalue weighted by Gasteiger charge is -2.21. The summed E-state index contributed by atoms with van der Waals surface area (Å²) in [6.07, 6.45) is 63.9. The number of allylic oxidation sites excluding steroid dienone is 8. The Morgan fingerprint density at radius 1 is 0.298 bits per heavy atom. The van der Waals surface area contributed by atoms with Crippen molar-refractivity contribution >= 4 is 39.5 Å². The van der Waals surface area contributed by atoms with Gasteiger partial charge in [0, 0.05) is 25.7 Å². The van der Waals surface area contributed by atoms with Gasteiger partial charge in [-0.15, -0.1) is 0 Å². The lowest BCUT2D eigenvalue weighted by molar-refractivity contribution is -0.161. The molecule has 0 aliphatic rings. The standard InChI is InChI=1S/C75H138O17P2/c1-5-9-13-17-21-25-29-32-34-37-40-43-47-51-55-59-72(77)85-65-70(91-74(79)61-57-53-49-45-39-28-24-20-16-12-8-4)67-89-93(81,82)87-63-69(76)64-88-94(83,84)90-68-71(92-75(80)62-58-54-50-46-42-36-31-27-23-19-15-11-7-3)66-86-73(78)60-56-52-48-44-41-38-35-33-30-26-22-18-14-10-6-2/h15,19-20,24,27,31,33,35,69-71,76H,5-14,16-18,21-23,25-26,28-30,32,34,36-68H2,1-4H3,(H,81,82)(H,83,84)/b19-15-,24-20-,31-27-,35-33-. The first-order valence-corrected chi connectivity index (χ1v) is 40.9. The van der Waals surface area contributed by atoms with Crippen LogP contribution in [0.3, 0.4) is 0 Å². The van der Waals surface area contributed by atoms with E-state index in [1.165, 1.54) is 122 Å². The number of carbonyl (C=O) groups excluding carboxylic acids is 4. The summed E-state index contributed by atoms with van der Waals surface area (Å²) in [4.78, 5) is 72.7. The van der Waals surface area contributed by atoms with Gasteiger partial charge in [0.25, 0.3) is 0 Å². The van der Waals surface area contributed by atoms with Crippen molar-refractivity contribution in [2.45, 2.75) is 367 Å². The summed E-state index contributed by atoms with van der Waals surface area (Å²) in [6, 6.07) is 0. The number of rotatable bonds is 72. The molecule has 0 aromatic rings. The van der Waals surface area contributed by atoms with Gasteiger partial charge in [-0.2, -0.15) is 0 Å². The van der Waals surface area contributed by atoms with Crippen LogP contribution in [0.1, 0.15) is 349 Å². The van der Waals surface area contributed by atoms with Crippen LogP contribution in [0.15, 0.2) is 48.6 Å². The van der Waals surface area contributed by atoms with Crippen LogP contribution in [0.5, 0.6) is 0 Å². The van der Waals surface area contributed by atoms with Crippen LogP contribution in [0, 0.1) is 0 Å². The second kappa shape index (κ2) is 68.5. The minimum atomic E-state index is -4.97. The van der Waals surface area contributed by atoms with Crippen molar-refractivity contribution in [1.82, 2.24) is 0 Å². The maximum absolute atomic E-state index is 13.0. The molecule has 0 aromatic carbocycles. The number of esters is 4. The molecule has 0 fully saturated rings. The smallest absolute Gasteiger partial charge is 0.462 e. The Hall–Kier alpha value is -2.98. The predicted molar refractivity (Wildman–Crippen MR) is 381 cm³/mol. The summed E-state index contributed by atoms with van der Waals surface area (Å²) in [6.45, 7) is 4.78. The van der Waals surface area contributed by atoms with Crippen molar-refractivity contribution in [1.29, 1.82) is 0 Å². The highest BCUT2D eigenvalue weighted by Gasteiger charge is 2.30. The van der Waals surface area contributed by atoms with Crippen LogP contribution in [-0.4, -0.2) is 96.7 Å². The normalized spacial score (nSPS) is 14.2. The molecule has 0 amide bonds. The Morgan fingerprint density at radius 3 is 0.872 bits per heavy atom. The topological polar surface area (TPSA) is 237 Å². The third kappa shape index (κ3) is 67.6. The first kappa shape index (κ1) is 91.0. The SMILES string of the molecule is CCC/C=C\C/C=C\CCCCCCCC(=O)OC(COC(=O)CCCCCCC/C=C\CCCCCCCC)COP(=O)(O)OCC(O)COP(=O)(O)OCC(COC(=O)CCCCCCCCCCCCCCCCC)OC(=O)CCCCCCC/C=C\CCCC. The fourth-order valence-corrected chi connectivity index (χ4v) is 12.0. The summed E-state index contributed by atoms with van der Waals surface area (Å²) < 4.78 is 68.4. The zero-order valence-corrected chi connectivity index (χ0v) is 61.7. The van der Waals surface area contributed by atoms with Crippen molar-refractivity contribution in [2.24, 2.45) is 0 Å². The minimum absolute atomic E-state index is 0.0815. The monoisotopic (exact) mass is 1370 g/mol. The van der Waals surface area contributed by atoms with Crippen molar-refractivity contribution in [3.8, 4) is 0 Å². The van der Waals surface area contributed by atoms with E-state index < -0.39 is 97.5 Å². The molecule has 0 radical (unpaired) electrons. The molecule has 0 bridgehead atoms. The average molecular weight is 1370 g/mol. The van der Waals surface area contributed by atoms with Gasteiger partial charge in [0.05, 0.1) is 26.4 Å². The maximum atomic E-state index is 13.0. The number of ether oxygens (including phenoxy) is 4. The van der Waals surface area contributed by atoms with Gasteiger partial charge in [0.2, 0.25) is 0 Å². The van der Waals surface area contributed by atoms with E-state index in [1.54, 1.807) is 0 Å². The first-order chi connectivity index (χ1) is 45.7. The molecule has 94 heavy (non-hydrogen) atoms. The van der Waals surface area contributed by atoms with E-state index in [0.29, 0.717) is 25.7 Å². The highest BCUT2D eigenvalue weighted by Crippen LogP contribution is 2.45. The minimum Gasteiger partial charge on any atom is -0.462 e. The number of phosphoric acid groups is 2. The molecular formula is C75H138O17P2. The molecule has 5 unspecified atom stereocenters. The number of unbranched alkanes of at least 4 members (excludes halogenated alkanes) is 38. The van der Waals surface area contributed by atoms with Crippen LogP contribution < -0.4 is 0 Å². The quantitative estimate of drug-likeness (QED) is 0.0169. The number of hydrogen-bond acceptors (Lipinski definition) is 15. The molecule has 0 saturated carbocycles. The summed E-state index contributed by atoms with van der Waals surface area (Å²) >= 11 is 0. The molecular weight excluding hydrogens is 1230 g/mol. The van der Waals surface area contributed by atoms with Crippen LogP contribution >= 0.6 is 15.6 Å². The van der Waals surface area contributed by atoms with Gasteiger partial charge in [-0.25, -0.2) is 9.13 Å². The molecule has 550 valence electrons. The van der Waals surface area contributed by atoms with Crippen molar-refractivity contribution in [3.05, 3.63) is 48.6 Å². The van der Waals surface area contributed by atoms with E-state index in [2.05, 4.69) is 76.3 Å². The highest BCUT2D eigenvalue weighted by molar-refractivity contribution is 7.47. The third-order valence-corrected chi connectivity index (χ3v) is 18.1. The van der Waals surface area contributed by atoms with Gasteiger partial charge < -0.3 is 33.8 Å². The van der Waals surface area contributed by atoms with E-state index in [-0.39, 0.29) is 25.7 Å². The van der Waals surface area contributed by atoms with E-state index in [1.807, 2.05) is 0 Å². The molecule has 0 heterocycles. The van der Waals surface area contributed by atoms with Gasteiger partial charge in [0.15, 0.2) is 12.2 Å². The van der Waals surface area contributed by atoms with Crippen LogP contribution in [-0.2, 0) is 65.4 Å². The molecule has 0 aliphatic heterocycles. The Labute approximate surface area is 572 Å². The van der Waals surface area contributed by atoms with E-state index >= 15 is 0 Å². The van der Waals surface area contributed by atoms with Crippen LogP contribution in [0.4, 0.5) is 0 Å².